The third-order valence-electron chi connectivity index (χ3n) is 2.46. The van der Waals surface area contributed by atoms with E-state index in [4.69, 9.17) is 5.11 Å². The number of aliphatic hydroxyl groups excluding tert-OH is 1. The lowest BCUT2D eigenvalue weighted by atomic mass is 10.1. The van der Waals surface area contributed by atoms with Crippen LogP contribution in [0, 0.1) is 0 Å². The molecule has 0 aromatic heterocycles. The van der Waals surface area contributed by atoms with Crippen LogP contribution in [0.4, 0.5) is 5.69 Å². The van der Waals surface area contributed by atoms with Gasteiger partial charge >= 0.3 is 0 Å². The average molecular weight is 239 g/mol. The predicted molar refractivity (Wildman–Crippen MR) is 73.3 cm³/mol. The summed E-state index contributed by atoms with van der Waals surface area (Å²) in [4.78, 5) is 0. The van der Waals surface area contributed by atoms with E-state index in [1.54, 1.807) is 0 Å². The quantitative estimate of drug-likeness (QED) is 0.684. The minimum absolute atomic E-state index is 0.224. The third-order valence-corrected chi connectivity index (χ3v) is 3.16. The fourth-order valence-electron chi connectivity index (χ4n) is 1.52. The number of rotatable bonds is 8. The van der Waals surface area contributed by atoms with Crippen molar-refractivity contribution in [3.05, 3.63) is 29.8 Å². The number of benzene rings is 1. The molecular formula is C13H21NOS. The summed E-state index contributed by atoms with van der Waals surface area (Å²) in [7, 11) is 0. The summed E-state index contributed by atoms with van der Waals surface area (Å²) in [6.45, 7) is 1.27. The monoisotopic (exact) mass is 239 g/mol. The summed E-state index contributed by atoms with van der Waals surface area (Å²) in [6.07, 6.45) is 5.39. The van der Waals surface area contributed by atoms with Gasteiger partial charge in [0.2, 0.25) is 0 Å². The molecule has 3 heteroatoms. The first-order valence-electron chi connectivity index (χ1n) is 5.79. The molecule has 0 saturated heterocycles. The minimum Gasteiger partial charge on any atom is -0.396 e. The maximum Gasteiger partial charge on any atom is 0.0471 e. The number of anilines is 1. The van der Waals surface area contributed by atoms with Gasteiger partial charge < -0.3 is 10.4 Å². The molecule has 1 aromatic rings. The Balaban J connectivity index is 2.21. The Morgan fingerprint density at radius 3 is 2.56 bits per heavy atom. The van der Waals surface area contributed by atoms with Crippen LogP contribution in [0.5, 0.6) is 0 Å². The van der Waals surface area contributed by atoms with Gasteiger partial charge in [-0.05, 0) is 49.0 Å². The van der Waals surface area contributed by atoms with E-state index >= 15 is 0 Å². The van der Waals surface area contributed by atoms with E-state index in [1.807, 2.05) is 11.8 Å². The number of nitrogens with one attached hydrogen (secondary N) is 1. The lowest BCUT2D eigenvalue weighted by Crippen LogP contribution is -2.02. The van der Waals surface area contributed by atoms with Gasteiger partial charge in [0.05, 0.1) is 0 Å². The molecule has 0 atom stereocenters. The van der Waals surface area contributed by atoms with Gasteiger partial charge in [-0.25, -0.2) is 0 Å². The van der Waals surface area contributed by atoms with Crippen molar-refractivity contribution in [3.63, 3.8) is 0 Å². The van der Waals surface area contributed by atoms with Crippen LogP contribution >= 0.6 is 11.8 Å². The van der Waals surface area contributed by atoms with E-state index in [0.29, 0.717) is 0 Å². The molecule has 0 unspecified atom stereocenters. The maximum atomic E-state index is 8.80. The SMILES string of the molecule is CSCCCCNc1ccc(CCO)cc1. The van der Waals surface area contributed by atoms with Gasteiger partial charge in [0.15, 0.2) is 0 Å². The van der Waals surface area contributed by atoms with E-state index in [9.17, 15) is 0 Å². The highest BCUT2D eigenvalue weighted by molar-refractivity contribution is 7.98. The van der Waals surface area contributed by atoms with E-state index in [1.165, 1.54) is 29.8 Å². The zero-order valence-electron chi connectivity index (χ0n) is 9.91. The molecule has 1 aromatic carbocycles. The first-order valence-corrected chi connectivity index (χ1v) is 7.19. The van der Waals surface area contributed by atoms with Crippen molar-refractivity contribution in [1.29, 1.82) is 0 Å². The van der Waals surface area contributed by atoms with Gasteiger partial charge in [-0.15, -0.1) is 0 Å². The highest BCUT2D eigenvalue weighted by Crippen LogP contribution is 2.10. The van der Waals surface area contributed by atoms with Crippen LogP contribution in [-0.2, 0) is 6.42 Å². The van der Waals surface area contributed by atoms with E-state index < -0.39 is 0 Å². The average Bonchev–Trinajstić information content (AvgIpc) is 2.31. The molecular weight excluding hydrogens is 218 g/mol. The normalized spacial score (nSPS) is 10.4. The second kappa shape index (κ2) is 8.48. The van der Waals surface area contributed by atoms with Crippen LogP contribution < -0.4 is 5.32 Å². The summed E-state index contributed by atoms with van der Waals surface area (Å²) in [5, 5.41) is 12.2. The highest BCUT2D eigenvalue weighted by atomic mass is 32.2. The molecule has 0 amide bonds. The molecule has 2 nitrogen and oxygen atoms in total. The molecule has 1 rings (SSSR count). The molecule has 0 heterocycles. The standard InChI is InChI=1S/C13H21NOS/c1-16-11-3-2-9-14-13-6-4-12(5-7-13)8-10-15/h4-7,14-15H,2-3,8-11H2,1H3. The summed E-state index contributed by atoms with van der Waals surface area (Å²) >= 11 is 1.90. The summed E-state index contributed by atoms with van der Waals surface area (Å²) in [5.41, 5.74) is 2.36. The van der Waals surface area contributed by atoms with Crippen LogP contribution in [0.3, 0.4) is 0 Å². The molecule has 0 spiro atoms. The second-order valence-electron chi connectivity index (χ2n) is 3.80. The molecule has 2 N–H and O–H groups in total. The molecule has 0 radical (unpaired) electrons. The Bertz CT molecular complexity index is 274. The smallest absolute Gasteiger partial charge is 0.0471 e. The molecule has 0 aliphatic heterocycles. The van der Waals surface area contributed by atoms with Gasteiger partial charge in [-0.1, -0.05) is 12.1 Å². The van der Waals surface area contributed by atoms with Crippen LogP contribution in [0.15, 0.2) is 24.3 Å². The lowest BCUT2D eigenvalue weighted by Gasteiger charge is -2.06. The first-order chi connectivity index (χ1) is 7.86. The van der Waals surface area contributed by atoms with Crippen molar-refractivity contribution in [2.75, 3.05) is 30.5 Å². The second-order valence-corrected chi connectivity index (χ2v) is 4.78. The summed E-state index contributed by atoms with van der Waals surface area (Å²) < 4.78 is 0. The minimum atomic E-state index is 0.224. The molecule has 0 aliphatic carbocycles. The number of unbranched alkanes of at least 4 members (excludes halogenated alkanes) is 1. The van der Waals surface area contributed by atoms with Crippen molar-refractivity contribution in [1.82, 2.24) is 0 Å². The van der Waals surface area contributed by atoms with Crippen molar-refractivity contribution in [2.45, 2.75) is 19.3 Å². The number of aliphatic hydroxyl groups is 1. The van der Waals surface area contributed by atoms with E-state index in [2.05, 4.69) is 35.8 Å². The van der Waals surface area contributed by atoms with Crippen molar-refractivity contribution in [2.24, 2.45) is 0 Å². The van der Waals surface area contributed by atoms with Crippen LogP contribution in [-0.4, -0.2) is 30.3 Å². The highest BCUT2D eigenvalue weighted by Gasteiger charge is 1.94. The summed E-state index contributed by atoms with van der Waals surface area (Å²) in [6, 6.07) is 8.31. The van der Waals surface area contributed by atoms with Gasteiger partial charge in [-0.3, -0.25) is 0 Å². The van der Waals surface area contributed by atoms with Crippen LogP contribution in [0.1, 0.15) is 18.4 Å². The molecule has 0 aliphatic rings. The summed E-state index contributed by atoms with van der Waals surface area (Å²) in [5.74, 6) is 1.25. The Hall–Kier alpha value is -0.670. The van der Waals surface area contributed by atoms with Crippen molar-refractivity contribution >= 4 is 17.4 Å². The predicted octanol–water partition coefficient (Wildman–Crippen LogP) is 2.78. The maximum absolute atomic E-state index is 8.80. The fraction of sp³-hybridized carbons (Fsp3) is 0.538. The largest absolute Gasteiger partial charge is 0.396 e. The van der Waals surface area contributed by atoms with Crippen LogP contribution in [0.25, 0.3) is 0 Å². The van der Waals surface area contributed by atoms with E-state index in [0.717, 1.165) is 13.0 Å². The molecule has 0 fully saturated rings. The molecule has 90 valence electrons. The molecule has 0 saturated carbocycles. The Kier molecular flexibility index (Phi) is 7.10. The van der Waals surface area contributed by atoms with Gasteiger partial charge in [0.1, 0.15) is 0 Å². The van der Waals surface area contributed by atoms with Crippen molar-refractivity contribution < 1.29 is 5.11 Å². The van der Waals surface area contributed by atoms with Gasteiger partial charge in [0.25, 0.3) is 0 Å². The fourth-order valence-corrected chi connectivity index (χ4v) is 2.02. The zero-order valence-corrected chi connectivity index (χ0v) is 10.7. The third kappa shape index (κ3) is 5.42. The lowest BCUT2D eigenvalue weighted by molar-refractivity contribution is 0.299. The Labute approximate surface area is 102 Å². The van der Waals surface area contributed by atoms with Gasteiger partial charge in [0, 0.05) is 18.8 Å². The number of hydrogen-bond donors (Lipinski definition) is 2. The van der Waals surface area contributed by atoms with Crippen LogP contribution in [0.2, 0.25) is 0 Å². The van der Waals surface area contributed by atoms with E-state index in [-0.39, 0.29) is 6.61 Å². The number of thioether (sulfide) groups is 1. The molecule has 0 bridgehead atoms. The number of hydrogen-bond acceptors (Lipinski definition) is 3. The van der Waals surface area contributed by atoms with Gasteiger partial charge in [-0.2, -0.15) is 11.8 Å². The Morgan fingerprint density at radius 1 is 1.19 bits per heavy atom. The molecule has 16 heavy (non-hydrogen) atoms. The first kappa shape index (κ1) is 13.4. The topological polar surface area (TPSA) is 32.3 Å². The Morgan fingerprint density at radius 2 is 1.94 bits per heavy atom. The van der Waals surface area contributed by atoms with Crippen molar-refractivity contribution in [3.8, 4) is 0 Å². The zero-order chi connectivity index (χ0) is 11.6.